The molecule has 2 fully saturated rings. The van der Waals surface area contributed by atoms with Gasteiger partial charge in [-0.2, -0.15) is 9.97 Å². The van der Waals surface area contributed by atoms with E-state index in [-0.39, 0.29) is 17.0 Å². The van der Waals surface area contributed by atoms with Crippen LogP contribution in [0.25, 0.3) is 11.2 Å². The summed E-state index contributed by atoms with van der Waals surface area (Å²) in [5, 5.41) is 10.4. The maximum Gasteiger partial charge on any atom is 0.695 e. The summed E-state index contributed by atoms with van der Waals surface area (Å²) >= 11 is 6.18. The average molecular weight is 557 g/mol. The van der Waals surface area contributed by atoms with Gasteiger partial charge < -0.3 is 23.8 Å². The summed E-state index contributed by atoms with van der Waals surface area (Å²) in [6, 6.07) is 0.277. The van der Waals surface area contributed by atoms with Crippen LogP contribution in [0.5, 0.6) is 0 Å². The van der Waals surface area contributed by atoms with Crippen molar-refractivity contribution < 1.29 is 41.8 Å². The molecule has 2 aromatic rings. The SMILES string of the molecule is COP(=O)(CO[P+](=O)O)OC[C@H]1O[C@@H](n2cnc3c(N(C)C4CCCC4)nc(Cl)nc32)[C@@H](F)[C@@H]1O. The fraction of sp³-hybridized carbons (Fsp3) is 0.722. The second-order valence-corrected chi connectivity index (χ2v) is 11.5. The topological polar surface area (TPSA) is 158 Å². The molecule has 1 aliphatic heterocycles. The number of aliphatic hydroxyl groups is 1. The molecular weight excluding hydrogens is 531 g/mol. The Morgan fingerprint density at radius 1 is 1.40 bits per heavy atom. The lowest BCUT2D eigenvalue weighted by molar-refractivity contribution is -0.0435. The van der Waals surface area contributed by atoms with Crippen molar-refractivity contribution in [3.05, 3.63) is 11.6 Å². The van der Waals surface area contributed by atoms with Gasteiger partial charge in [-0.25, -0.2) is 9.37 Å². The summed E-state index contributed by atoms with van der Waals surface area (Å²) in [5.41, 5.74) is 0.641. The van der Waals surface area contributed by atoms with E-state index in [1.165, 1.54) is 10.9 Å². The van der Waals surface area contributed by atoms with Gasteiger partial charge >= 0.3 is 15.9 Å². The van der Waals surface area contributed by atoms with E-state index in [9.17, 15) is 14.2 Å². The number of hydrogen-bond acceptors (Lipinski definition) is 11. The van der Waals surface area contributed by atoms with Gasteiger partial charge in [0.2, 0.25) is 11.6 Å². The van der Waals surface area contributed by atoms with Gasteiger partial charge in [-0.1, -0.05) is 12.8 Å². The zero-order valence-corrected chi connectivity index (χ0v) is 21.5. The Morgan fingerprint density at radius 3 is 2.77 bits per heavy atom. The third-order valence-electron chi connectivity index (χ3n) is 6.19. The minimum atomic E-state index is -3.95. The quantitative estimate of drug-likeness (QED) is 0.326. The van der Waals surface area contributed by atoms with Crippen LogP contribution in [0.2, 0.25) is 5.28 Å². The molecule has 1 saturated heterocycles. The summed E-state index contributed by atoms with van der Waals surface area (Å²) < 4.78 is 59.6. The molecule has 17 heteroatoms. The molecule has 0 aromatic carbocycles. The summed E-state index contributed by atoms with van der Waals surface area (Å²) in [4.78, 5) is 23.6. The van der Waals surface area contributed by atoms with Gasteiger partial charge in [-0.05, 0) is 24.4 Å². The van der Waals surface area contributed by atoms with Crippen molar-refractivity contribution in [2.24, 2.45) is 0 Å². The highest BCUT2D eigenvalue weighted by Gasteiger charge is 2.47. The van der Waals surface area contributed by atoms with Crippen molar-refractivity contribution in [1.82, 2.24) is 19.5 Å². The molecule has 6 atom stereocenters. The highest BCUT2D eigenvalue weighted by atomic mass is 35.5. The standard InChI is InChI=1S/C18H25ClFN5O8P2/c1-24(10-5-3-4-6-10)15-13-16(23-18(19)22-15)25(8-21-13)17-12(20)14(26)11(33-17)7-32-35(29,30-2)9-31-34(27)28/h8,10-12,14,17,26H,3-7,9H2,1-2H3/p+1/t11-,12+,14-,17-,35?/m1/s1. The summed E-state index contributed by atoms with van der Waals surface area (Å²) in [7, 11) is -4.02. The maximum atomic E-state index is 15.1. The number of nitrogens with zero attached hydrogens (tertiary/aromatic N) is 5. The number of alkyl halides is 1. The largest absolute Gasteiger partial charge is 0.695 e. The van der Waals surface area contributed by atoms with Crippen molar-refractivity contribution >= 4 is 44.4 Å². The highest BCUT2D eigenvalue weighted by molar-refractivity contribution is 7.54. The Bertz CT molecular complexity index is 1120. The molecule has 0 bridgehead atoms. The molecule has 2 N–H and O–H groups in total. The molecule has 194 valence electrons. The van der Waals surface area contributed by atoms with Crippen molar-refractivity contribution in [1.29, 1.82) is 0 Å². The lowest BCUT2D eigenvalue weighted by Gasteiger charge is -2.25. The van der Waals surface area contributed by atoms with Crippen LogP contribution in [0.15, 0.2) is 6.33 Å². The fourth-order valence-corrected chi connectivity index (χ4v) is 6.07. The zero-order valence-electron chi connectivity index (χ0n) is 18.9. The molecule has 1 aliphatic carbocycles. The summed E-state index contributed by atoms with van der Waals surface area (Å²) in [6.07, 6.45) is -1.33. The maximum absolute atomic E-state index is 15.1. The van der Waals surface area contributed by atoms with Crippen LogP contribution in [-0.4, -0.2) is 81.1 Å². The number of aliphatic hydroxyl groups excluding tert-OH is 1. The van der Waals surface area contributed by atoms with Crippen LogP contribution < -0.4 is 4.90 Å². The molecule has 1 saturated carbocycles. The molecule has 35 heavy (non-hydrogen) atoms. The first-order valence-electron chi connectivity index (χ1n) is 10.8. The molecular formula is C18H26ClFN5O8P2+. The van der Waals surface area contributed by atoms with Crippen LogP contribution in [0.3, 0.4) is 0 Å². The first kappa shape index (κ1) is 26.7. The Labute approximate surface area is 206 Å². The van der Waals surface area contributed by atoms with E-state index >= 15 is 4.39 Å². The number of fused-ring (bicyclic) bond motifs is 1. The van der Waals surface area contributed by atoms with E-state index in [1.54, 1.807) is 0 Å². The first-order chi connectivity index (χ1) is 16.6. The molecule has 0 spiro atoms. The van der Waals surface area contributed by atoms with Crippen molar-refractivity contribution in [2.45, 2.75) is 56.3 Å². The number of hydrogen-bond donors (Lipinski definition) is 2. The van der Waals surface area contributed by atoms with Crippen molar-refractivity contribution in [2.75, 3.05) is 32.0 Å². The second-order valence-electron chi connectivity index (χ2n) is 8.27. The number of ether oxygens (including phenoxy) is 1. The molecule has 2 unspecified atom stereocenters. The number of anilines is 1. The van der Waals surface area contributed by atoms with Crippen LogP contribution in [0.1, 0.15) is 31.9 Å². The Hall–Kier alpha value is -1.34. The summed E-state index contributed by atoms with van der Waals surface area (Å²) in [6.45, 7) is -0.535. The van der Waals surface area contributed by atoms with Crippen molar-refractivity contribution in [3.8, 4) is 0 Å². The van der Waals surface area contributed by atoms with Gasteiger partial charge in [0.25, 0.3) is 0 Å². The van der Waals surface area contributed by atoms with E-state index < -0.39 is 53.4 Å². The normalized spacial score (nSPS) is 27.4. The van der Waals surface area contributed by atoms with Gasteiger partial charge in [-0.15, -0.1) is 9.42 Å². The Kier molecular flexibility index (Phi) is 8.36. The predicted octanol–water partition coefficient (Wildman–Crippen LogP) is 2.93. The molecule has 0 radical (unpaired) electrons. The third-order valence-corrected chi connectivity index (χ3v) is 8.46. The van der Waals surface area contributed by atoms with Gasteiger partial charge in [-0.3, -0.25) is 9.13 Å². The molecule has 2 aliphatic rings. The van der Waals surface area contributed by atoms with E-state index in [1.807, 2.05) is 11.9 Å². The number of halogens is 2. The number of aromatic nitrogens is 4. The van der Waals surface area contributed by atoms with Gasteiger partial charge in [0.15, 0.2) is 29.4 Å². The predicted molar refractivity (Wildman–Crippen MR) is 122 cm³/mol. The van der Waals surface area contributed by atoms with Crippen LogP contribution in [0, 0.1) is 0 Å². The van der Waals surface area contributed by atoms with E-state index in [4.69, 9.17) is 30.3 Å². The number of imidazole rings is 1. The zero-order chi connectivity index (χ0) is 25.3. The minimum absolute atomic E-state index is 0.0452. The van der Waals surface area contributed by atoms with Crippen LogP contribution >= 0.6 is 27.5 Å². The molecule has 4 rings (SSSR count). The molecule has 2 aromatic heterocycles. The van der Waals surface area contributed by atoms with E-state index in [0.29, 0.717) is 11.3 Å². The average Bonchev–Trinajstić information content (AvgIpc) is 3.57. The molecule has 13 nitrogen and oxygen atoms in total. The number of rotatable bonds is 10. The Balaban J connectivity index is 1.54. The smallest absolute Gasteiger partial charge is 0.387 e. The van der Waals surface area contributed by atoms with Gasteiger partial charge in [0.1, 0.15) is 12.2 Å². The van der Waals surface area contributed by atoms with Crippen LogP contribution in [-0.2, 0) is 27.4 Å². The third kappa shape index (κ3) is 5.66. The van der Waals surface area contributed by atoms with E-state index in [2.05, 4.69) is 19.5 Å². The lowest BCUT2D eigenvalue weighted by atomic mass is 10.1. The van der Waals surface area contributed by atoms with Gasteiger partial charge in [0.05, 0.1) is 12.9 Å². The monoisotopic (exact) mass is 556 g/mol. The van der Waals surface area contributed by atoms with Crippen LogP contribution in [0.4, 0.5) is 10.2 Å². The minimum Gasteiger partial charge on any atom is -0.387 e. The second kappa shape index (κ2) is 11.0. The molecule has 3 heterocycles. The van der Waals surface area contributed by atoms with E-state index in [0.717, 1.165) is 32.8 Å². The highest BCUT2D eigenvalue weighted by Crippen LogP contribution is 2.50. The van der Waals surface area contributed by atoms with Crippen molar-refractivity contribution in [3.63, 3.8) is 0 Å². The first-order valence-corrected chi connectivity index (χ1v) is 14.1. The van der Waals surface area contributed by atoms with Gasteiger partial charge in [0, 0.05) is 24.8 Å². The lowest BCUT2D eigenvalue weighted by Crippen LogP contribution is -2.31. The summed E-state index contributed by atoms with van der Waals surface area (Å²) in [5.74, 6) is 0.516. The fourth-order valence-electron chi connectivity index (χ4n) is 4.29. The Morgan fingerprint density at radius 2 is 2.11 bits per heavy atom. The molecule has 0 amide bonds.